The third-order valence-corrected chi connectivity index (χ3v) is 7.29. The van der Waals surface area contributed by atoms with Crippen molar-refractivity contribution in [2.45, 2.75) is 17.4 Å². The van der Waals surface area contributed by atoms with Gasteiger partial charge in [-0.2, -0.15) is 0 Å². The molecule has 1 atom stereocenters. The Morgan fingerprint density at radius 1 is 0.867 bits per heavy atom. The van der Waals surface area contributed by atoms with E-state index >= 15 is 0 Å². The number of benzene rings is 3. The van der Waals surface area contributed by atoms with Gasteiger partial charge in [-0.15, -0.1) is 0 Å². The highest BCUT2D eigenvalue weighted by molar-refractivity contribution is 7.92. The number of hydrogen-bond acceptors (Lipinski definition) is 4. The van der Waals surface area contributed by atoms with E-state index in [0.717, 1.165) is 17.7 Å². The van der Waals surface area contributed by atoms with Gasteiger partial charge in [0.1, 0.15) is 5.75 Å². The molecule has 2 heterocycles. The van der Waals surface area contributed by atoms with E-state index in [9.17, 15) is 13.2 Å². The number of ether oxygens (including phenoxy) is 1. The van der Waals surface area contributed by atoms with E-state index in [2.05, 4.69) is 0 Å². The van der Waals surface area contributed by atoms with Crippen molar-refractivity contribution in [1.29, 1.82) is 0 Å². The average molecular weight is 420 g/mol. The number of amides is 1. The van der Waals surface area contributed by atoms with Gasteiger partial charge in [-0.1, -0.05) is 48.5 Å². The first kappa shape index (κ1) is 18.7. The first-order valence-electron chi connectivity index (χ1n) is 9.78. The van der Waals surface area contributed by atoms with Crippen LogP contribution >= 0.6 is 0 Å². The predicted octanol–water partition coefficient (Wildman–Crippen LogP) is 3.23. The van der Waals surface area contributed by atoms with Crippen LogP contribution in [-0.2, 0) is 21.2 Å². The van der Waals surface area contributed by atoms with Crippen molar-refractivity contribution < 1.29 is 17.9 Å². The number of fused-ring (bicyclic) bond motifs is 2. The molecule has 3 aromatic rings. The minimum atomic E-state index is -3.84. The lowest BCUT2D eigenvalue weighted by atomic mass is 10.1. The number of carbonyl (C=O) groups excluding carboxylic acids is 1. The quantitative estimate of drug-likeness (QED) is 0.653. The fraction of sp³-hybridized carbons (Fsp3) is 0.174. The third-order valence-electron chi connectivity index (χ3n) is 5.49. The van der Waals surface area contributed by atoms with Crippen LogP contribution in [0.15, 0.2) is 83.8 Å². The van der Waals surface area contributed by atoms with Crippen molar-refractivity contribution in [2.24, 2.45) is 0 Å². The van der Waals surface area contributed by atoms with E-state index in [1.54, 1.807) is 59.5 Å². The zero-order valence-corrected chi connectivity index (χ0v) is 17.0. The smallest absolute Gasteiger partial charge is 0.269 e. The van der Waals surface area contributed by atoms with Crippen molar-refractivity contribution in [3.63, 3.8) is 0 Å². The molecule has 2 aliphatic heterocycles. The second-order valence-electron chi connectivity index (χ2n) is 7.29. The molecule has 3 aromatic carbocycles. The van der Waals surface area contributed by atoms with Crippen molar-refractivity contribution in [2.75, 3.05) is 22.3 Å². The Morgan fingerprint density at radius 3 is 2.33 bits per heavy atom. The number of carbonyl (C=O) groups is 1. The van der Waals surface area contributed by atoms with Crippen LogP contribution in [0.4, 0.5) is 11.4 Å². The van der Waals surface area contributed by atoms with Crippen LogP contribution in [-0.4, -0.2) is 33.5 Å². The van der Waals surface area contributed by atoms with Crippen LogP contribution in [0.5, 0.6) is 5.75 Å². The first-order valence-corrected chi connectivity index (χ1v) is 11.2. The van der Waals surface area contributed by atoms with Gasteiger partial charge in [-0.3, -0.25) is 9.10 Å². The zero-order valence-electron chi connectivity index (χ0n) is 16.1. The van der Waals surface area contributed by atoms with Crippen LogP contribution in [0.3, 0.4) is 0 Å². The van der Waals surface area contributed by atoms with Gasteiger partial charge < -0.3 is 9.64 Å². The summed E-state index contributed by atoms with van der Waals surface area (Å²) in [5, 5.41) is 0. The van der Waals surface area contributed by atoms with Crippen LogP contribution in [0.25, 0.3) is 0 Å². The van der Waals surface area contributed by atoms with Gasteiger partial charge in [0.2, 0.25) is 0 Å². The van der Waals surface area contributed by atoms with E-state index < -0.39 is 16.1 Å². The molecule has 6 nitrogen and oxygen atoms in total. The lowest BCUT2D eigenvalue weighted by Crippen LogP contribution is -2.51. The number of anilines is 2. The molecule has 0 unspecified atom stereocenters. The van der Waals surface area contributed by atoms with Crippen LogP contribution < -0.4 is 13.9 Å². The summed E-state index contributed by atoms with van der Waals surface area (Å²) in [4.78, 5) is 15.2. The summed E-state index contributed by atoms with van der Waals surface area (Å²) in [6, 6.07) is 22.9. The van der Waals surface area contributed by atoms with Crippen molar-refractivity contribution in [3.8, 4) is 5.75 Å². The summed E-state index contributed by atoms with van der Waals surface area (Å²) in [7, 11) is -3.84. The van der Waals surface area contributed by atoms with E-state index in [1.807, 2.05) is 24.3 Å². The molecule has 0 saturated carbocycles. The molecule has 0 radical (unpaired) electrons. The highest BCUT2D eigenvalue weighted by Crippen LogP contribution is 2.38. The molecule has 0 N–H and O–H groups in total. The maximum atomic E-state index is 13.4. The van der Waals surface area contributed by atoms with Gasteiger partial charge in [0.05, 0.1) is 17.1 Å². The van der Waals surface area contributed by atoms with E-state index in [4.69, 9.17) is 4.74 Å². The summed E-state index contributed by atoms with van der Waals surface area (Å²) in [5.41, 5.74) is 2.41. The molecule has 0 fully saturated rings. The molecule has 30 heavy (non-hydrogen) atoms. The lowest BCUT2D eigenvalue weighted by Gasteiger charge is -2.36. The van der Waals surface area contributed by atoms with Crippen molar-refractivity contribution in [1.82, 2.24) is 0 Å². The topological polar surface area (TPSA) is 66.9 Å². The Bertz CT molecular complexity index is 1210. The number of rotatable bonds is 3. The number of para-hydroxylation sites is 3. The lowest BCUT2D eigenvalue weighted by molar-refractivity contribution is -0.125. The SMILES string of the molecule is O=C([C@H]1CN(S(=O)(=O)c2ccccc2)c2ccccc2O1)N1CCc2ccccc21. The van der Waals surface area contributed by atoms with Crippen LogP contribution in [0.1, 0.15) is 5.56 Å². The van der Waals surface area contributed by atoms with Gasteiger partial charge in [0.25, 0.3) is 15.9 Å². The Labute approximate surface area is 175 Å². The van der Waals surface area contributed by atoms with Gasteiger partial charge in [0.15, 0.2) is 6.10 Å². The van der Waals surface area contributed by atoms with Crippen molar-refractivity contribution in [3.05, 3.63) is 84.4 Å². The zero-order chi connectivity index (χ0) is 20.7. The second-order valence-corrected chi connectivity index (χ2v) is 9.15. The Kier molecular flexibility index (Phi) is 4.47. The number of hydrogen-bond donors (Lipinski definition) is 0. The summed E-state index contributed by atoms with van der Waals surface area (Å²) in [6.07, 6.45) is -0.151. The van der Waals surface area contributed by atoms with Gasteiger partial charge in [-0.25, -0.2) is 8.42 Å². The molecular formula is C23H20N2O4S. The average Bonchev–Trinajstić information content (AvgIpc) is 3.22. The highest BCUT2D eigenvalue weighted by atomic mass is 32.2. The Hall–Kier alpha value is -3.32. The molecule has 0 aromatic heterocycles. The molecule has 5 rings (SSSR count). The second kappa shape index (κ2) is 7.18. The number of sulfonamides is 1. The fourth-order valence-electron chi connectivity index (χ4n) is 4.02. The van der Waals surface area contributed by atoms with Gasteiger partial charge >= 0.3 is 0 Å². The summed E-state index contributed by atoms with van der Waals surface area (Å²) in [5.74, 6) is 0.150. The normalized spacial score (nSPS) is 17.8. The van der Waals surface area contributed by atoms with Crippen molar-refractivity contribution >= 4 is 27.3 Å². The maximum Gasteiger partial charge on any atom is 0.269 e. The highest BCUT2D eigenvalue weighted by Gasteiger charge is 2.40. The number of nitrogens with zero attached hydrogens (tertiary/aromatic N) is 2. The first-order chi connectivity index (χ1) is 14.6. The summed E-state index contributed by atoms with van der Waals surface area (Å²) >= 11 is 0. The minimum absolute atomic E-state index is 0.0776. The molecule has 0 aliphatic carbocycles. The van der Waals surface area contributed by atoms with Gasteiger partial charge in [0, 0.05) is 12.2 Å². The largest absolute Gasteiger partial charge is 0.476 e. The molecule has 2 aliphatic rings. The van der Waals surface area contributed by atoms with Crippen LogP contribution in [0, 0.1) is 0 Å². The Balaban J connectivity index is 1.52. The third kappa shape index (κ3) is 3.02. The fourth-order valence-corrected chi connectivity index (χ4v) is 5.52. The maximum absolute atomic E-state index is 13.4. The summed E-state index contributed by atoms with van der Waals surface area (Å²) < 4.78 is 34.0. The van der Waals surface area contributed by atoms with E-state index in [1.165, 1.54) is 4.31 Å². The molecule has 7 heteroatoms. The predicted molar refractivity (Wildman–Crippen MR) is 114 cm³/mol. The standard InChI is InChI=1S/C23H20N2O4S/c26-23(24-15-14-17-8-4-5-11-19(17)24)22-16-25(20-12-6-7-13-21(20)29-22)30(27,28)18-9-2-1-3-10-18/h1-13,22H,14-16H2/t22-/m1/s1. The molecule has 1 amide bonds. The molecule has 0 saturated heterocycles. The Morgan fingerprint density at radius 2 is 1.53 bits per heavy atom. The molecular weight excluding hydrogens is 400 g/mol. The van der Waals surface area contributed by atoms with E-state index in [0.29, 0.717) is 18.0 Å². The molecule has 152 valence electrons. The van der Waals surface area contributed by atoms with Crippen LogP contribution in [0.2, 0.25) is 0 Å². The van der Waals surface area contributed by atoms with E-state index in [-0.39, 0.29) is 17.3 Å². The summed E-state index contributed by atoms with van der Waals surface area (Å²) in [6.45, 7) is 0.483. The molecule has 0 bridgehead atoms. The minimum Gasteiger partial charge on any atom is -0.476 e. The van der Waals surface area contributed by atoms with Gasteiger partial charge in [-0.05, 0) is 42.3 Å². The molecule has 0 spiro atoms. The monoisotopic (exact) mass is 420 g/mol.